The third-order valence-corrected chi connectivity index (χ3v) is 7.93. The summed E-state index contributed by atoms with van der Waals surface area (Å²) in [5.41, 5.74) is 2.09. The van der Waals surface area contributed by atoms with Crippen molar-refractivity contribution in [3.63, 3.8) is 0 Å². The Bertz CT molecular complexity index is 911. The molecule has 0 saturated heterocycles. The first-order valence-electron chi connectivity index (χ1n) is 12.8. The van der Waals surface area contributed by atoms with Gasteiger partial charge in [0, 0.05) is 19.1 Å². The van der Waals surface area contributed by atoms with Crippen molar-refractivity contribution in [1.82, 2.24) is 0 Å². The van der Waals surface area contributed by atoms with Crippen LogP contribution in [0.1, 0.15) is 93.2 Å². The van der Waals surface area contributed by atoms with E-state index in [0.717, 1.165) is 55.6 Å². The second-order valence-corrected chi connectivity index (χ2v) is 10.3. The van der Waals surface area contributed by atoms with Crippen molar-refractivity contribution < 1.29 is 22.6 Å². The van der Waals surface area contributed by atoms with Gasteiger partial charge in [0.2, 0.25) is 0 Å². The van der Waals surface area contributed by atoms with E-state index in [4.69, 9.17) is 9.47 Å². The lowest BCUT2D eigenvalue weighted by atomic mass is 9.79. The van der Waals surface area contributed by atoms with Crippen molar-refractivity contribution in [3.05, 3.63) is 65.0 Å². The van der Waals surface area contributed by atoms with Gasteiger partial charge in [0.05, 0.1) is 12.7 Å². The fourth-order valence-corrected chi connectivity index (χ4v) is 5.55. The summed E-state index contributed by atoms with van der Waals surface area (Å²) in [5.74, 6) is -1.93. The number of ether oxygens (including phenoxy) is 2. The highest BCUT2D eigenvalue weighted by molar-refractivity contribution is 5.32. The molecular formula is C29H37F3O2. The summed E-state index contributed by atoms with van der Waals surface area (Å²) in [6.45, 7) is 2.03. The molecule has 34 heavy (non-hydrogen) atoms. The monoisotopic (exact) mass is 474 g/mol. The molecule has 0 radical (unpaired) electrons. The van der Waals surface area contributed by atoms with Gasteiger partial charge in [-0.05, 0) is 79.5 Å². The maximum atomic E-state index is 14.8. The molecule has 2 nitrogen and oxygen atoms in total. The third-order valence-electron chi connectivity index (χ3n) is 7.93. The van der Waals surface area contributed by atoms with E-state index in [1.807, 2.05) is 18.2 Å². The summed E-state index contributed by atoms with van der Waals surface area (Å²) in [4.78, 5) is 0. The van der Waals surface area contributed by atoms with Gasteiger partial charge in [0.25, 0.3) is 5.92 Å². The Morgan fingerprint density at radius 1 is 0.824 bits per heavy atom. The molecule has 0 amide bonds. The number of hydrogen-bond acceptors (Lipinski definition) is 2. The molecule has 0 aromatic heterocycles. The summed E-state index contributed by atoms with van der Waals surface area (Å²) >= 11 is 0. The van der Waals surface area contributed by atoms with E-state index in [0.29, 0.717) is 11.8 Å². The maximum absolute atomic E-state index is 14.8. The van der Waals surface area contributed by atoms with Crippen LogP contribution < -0.4 is 4.74 Å². The molecule has 2 aliphatic rings. The van der Waals surface area contributed by atoms with Crippen LogP contribution in [0.15, 0.2) is 42.5 Å². The van der Waals surface area contributed by atoms with E-state index in [1.165, 1.54) is 18.9 Å². The summed E-state index contributed by atoms with van der Waals surface area (Å²) in [7, 11) is 1.73. The van der Waals surface area contributed by atoms with Gasteiger partial charge in [-0.3, -0.25) is 0 Å². The minimum Gasteiger partial charge on any atom is -0.490 e. The Labute approximate surface area is 201 Å². The van der Waals surface area contributed by atoms with Crippen LogP contribution >= 0.6 is 0 Å². The Hall–Kier alpha value is -2.01. The van der Waals surface area contributed by atoms with Gasteiger partial charge in [0.15, 0.2) is 11.6 Å². The molecule has 2 aromatic rings. The summed E-state index contributed by atoms with van der Waals surface area (Å²) in [6.07, 6.45) is 8.32. The van der Waals surface area contributed by atoms with Gasteiger partial charge >= 0.3 is 0 Å². The maximum Gasteiger partial charge on any atom is 0.276 e. The standard InChI is InChI=1S/C29H37F3O2/c1-20-3-5-21(6-4-20)22-7-12-25(13-8-22)29(31,32)17-18-34-28-16-11-24(19-27(28)30)23-9-14-26(33-2)15-10-23/h7-8,11-13,16,19-21,23,26H,3-6,9-10,14-15,17-18H2,1-2H3. The first kappa shape index (κ1) is 25.1. The molecule has 186 valence electrons. The minimum absolute atomic E-state index is 0.00786. The van der Waals surface area contributed by atoms with Crippen molar-refractivity contribution in [3.8, 4) is 5.75 Å². The molecule has 0 aliphatic heterocycles. The molecule has 2 fully saturated rings. The van der Waals surface area contributed by atoms with Crippen LogP contribution in [0, 0.1) is 11.7 Å². The predicted molar refractivity (Wildman–Crippen MR) is 129 cm³/mol. The molecule has 0 atom stereocenters. The number of rotatable bonds is 8. The molecule has 2 saturated carbocycles. The Kier molecular flexibility index (Phi) is 8.23. The van der Waals surface area contributed by atoms with Crippen molar-refractivity contribution in [2.45, 2.75) is 88.6 Å². The lowest BCUT2D eigenvalue weighted by Crippen LogP contribution is -2.19. The molecule has 5 heteroatoms. The molecule has 0 spiro atoms. The van der Waals surface area contributed by atoms with Crippen molar-refractivity contribution >= 4 is 0 Å². The predicted octanol–water partition coefficient (Wildman–Crippen LogP) is 8.35. The van der Waals surface area contributed by atoms with Gasteiger partial charge in [-0.1, -0.05) is 50.1 Å². The average molecular weight is 475 g/mol. The number of hydrogen-bond donors (Lipinski definition) is 0. The van der Waals surface area contributed by atoms with Crippen molar-refractivity contribution in [2.24, 2.45) is 5.92 Å². The second-order valence-electron chi connectivity index (χ2n) is 10.3. The van der Waals surface area contributed by atoms with E-state index in [1.54, 1.807) is 25.3 Å². The number of benzene rings is 2. The zero-order valence-electron chi connectivity index (χ0n) is 20.4. The first-order valence-corrected chi connectivity index (χ1v) is 12.8. The van der Waals surface area contributed by atoms with Crippen LogP contribution in [0.2, 0.25) is 0 Å². The van der Waals surface area contributed by atoms with Crippen LogP contribution in [-0.2, 0) is 10.7 Å². The van der Waals surface area contributed by atoms with Gasteiger partial charge in [-0.25, -0.2) is 13.2 Å². The highest BCUT2D eigenvalue weighted by Crippen LogP contribution is 2.38. The van der Waals surface area contributed by atoms with E-state index in [9.17, 15) is 13.2 Å². The smallest absolute Gasteiger partial charge is 0.276 e. The summed E-state index contributed by atoms with van der Waals surface area (Å²) < 4.78 is 55.0. The van der Waals surface area contributed by atoms with Gasteiger partial charge < -0.3 is 9.47 Å². The fourth-order valence-electron chi connectivity index (χ4n) is 5.55. The molecule has 0 N–H and O–H groups in total. The highest BCUT2D eigenvalue weighted by Gasteiger charge is 2.32. The van der Waals surface area contributed by atoms with E-state index < -0.39 is 18.2 Å². The van der Waals surface area contributed by atoms with Crippen LogP contribution in [0.4, 0.5) is 13.2 Å². The third kappa shape index (κ3) is 6.16. The molecule has 0 heterocycles. The average Bonchev–Trinajstić information content (AvgIpc) is 2.85. The molecule has 4 rings (SSSR count). The van der Waals surface area contributed by atoms with Crippen molar-refractivity contribution in [2.75, 3.05) is 13.7 Å². The van der Waals surface area contributed by atoms with E-state index in [2.05, 4.69) is 6.92 Å². The van der Waals surface area contributed by atoms with Gasteiger partial charge in [-0.2, -0.15) is 0 Å². The number of alkyl halides is 2. The van der Waals surface area contributed by atoms with Crippen LogP contribution in [-0.4, -0.2) is 19.8 Å². The Balaban J connectivity index is 1.29. The fraction of sp³-hybridized carbons (Fsp3) is 0.586. The zero-order chi connectivity index (χ0) is 24.1. The highest BCUT2D eigenvalue weighted by atomic mass is 19.3. The molecular weight excluding hydrogens is 437 g/mol. The van der Waals surface area contributed by atoms with E-state index >= 15 is 0 Å². The summed E-state index contributed by atoms with van der Waals surface area (Å²) in [5, 5.41) is 0. The number of methoxy groups -OCH3 is 1. The summed E-state index contributed by atoms with van der Waals surface area (Å²) in [6, 6.07) is 11.7. The Morgan fingerprint density at radius 3 is 2.03 bits per heavy atom. The topological polar surface area (TPSA) is 18.5 Å². The van der Waals surface area contributed by atoms with Crippen molar-refractivity contribution in [1.29, 1.82) is 0 Å². The molecule has 2 aromatic carbocycles. The largest absolute Gasteiger partial charge is 0.490 e. The molecule has 0 bridgehead atoms. The zero-order valence-corrected chi connectivity index (χ0v) is 20.4. The quantitative estimate of drug-likeness (QED) is 0.383. The minimum atomic E-state index is -3.02. The lowest BCUT2D eigenvalue weighted by Gasteiger charge is -2.28. The first-order chi connectivity index (χ1) is 16.4. The molecule has 2 aliphatic carbocycles. The molecule has 0 unspecified atom stereocenters. The van der Waals surface area contributed by atoms with Gasteiger partial charge in [-0.15, -0.1) is 0 Å². The van der Waals surface area contributed by atoms with Gasteiger partial charge in [0.1, 0.15) is 0 Å². The van der Waals surface area contributed by atoms with Crippen LogP contribution in [0.25, 0.3) is 0 Å². The Morgan fingerprint density at radius 2 is 1.41 bits per heavy atom. The van der Waals surface area contributed by atoms with Crippen LogP contribution in [0.5, 0.6) is 5.75 Å². The normalized spacial score (nSPS) is 25.8. The SMILES string of the molecule is COC1CCC(c2ccc(OCCC(F)(F)c3ccc(C4CCC(C)CC4)cc3)c(F)c2)CC1. The number of halogens is 3. The van der Waals surface area contributed by atoms with Crippen LogP contribution in [0.3, 0.4) is 0 Å². The second kappa shape index (κ2) is 11.2. The lowest BCUT2D eigenvalue weighted by molar-refractivity contribution is -0.0245. The van der Waals surface area contributed by atoms with E-state index in [-0.39, 0.29) is 24.0 Å².